The summed E-state index contributed by atoms with van der Waals surface area (Å²) in [7, 11) is -0.435. The molecule has 0 saturated heterocycles. The van der Waals surface area contributed by atoms with Crippen molar-refractivity contribution in [3.05, 3.63) is 28.8 Å². The average Bonchev–Trinajstić information content (AvgIpc) is 2.43. The summed E-state index contributed by atoms with van der Waals surface area (Å²) >= 11 is 6.08. The van der Waals surface area contributed by atoms with Crippen LogP contribution in [0, 0.1) is 0 Å². The van der Waals surface area contributed by atoms with Crippen LogP contribution in [0.3, 0.4) is 0 Å². The summed E-state index contributed by atoms with van der Waals surface area (Å²) in [5, 5.41) is 3.69. The molecule has 0 saturated carbocycles. The highest BCUT2D eigenvalue weighted by atomic mass is 35.5. The highest BCUT2D eigenvalue weighted by molar-refractivity contribution is 7.89. The van der Waals surface area contributed by atoms with Crippen molar-refractivity contribution in [2.24, 2.45) is 0 Å². The van der Waals surface area contributed by atoms with Gasteiger partial charge in [-0.3, -0.25) is 0 Å². The Labute approximate surface area is 125 Å². The van der Waals surface area contributed by atoms with Crippen LogP contribution in [0.4, 0.5) is 0 Å². The SMILES string of the molecule is CCNCc1cc(S(=O)(=O)N(C)CCOC)ccc1Cl. The molecule has 0 aromatic heterocycles. The Morgan fingerprint density at radius 1 is 1.40 bits per heavy atom. The lowest BCUT2D eigenvalue weighted by molar-refractivity contribution is 0.185. The monoisotopic (exact) mass is 320 g/mol. The minimum atomic E-state index is -3.51. The van der Waals surface area contributed by atoms with E-state index in [2.05, 4.69) is 5.32 Å². The van der Waals surface area contributed by atoms with E-state index >= 15 is 0 Å². The molecule has 1 aromatic rings. The maximum atomic E-state index is 12.4. The van der Waals surface area contributed by atoms with Gasteiger partial charge in [0.05, 0.1) is 11.5 Å². The maximum absolute atomic E-state index is 12.4. The Morgan fingerprint density at radius 3 is 2.70 bits per heavy atom. The molecular formula is C13H21ClN2O3S. The van der Waals surface area contributed by atoms with Gasteiger partial charge in [-0.1, -0.05) is 18.5 Å². The molecule has 0 spiro atoms. The number of hydrogen-bond acceptors (Lipinski definition) is 4. The summed E-state index contributed by atoms with van der Waals surface area (Å²) in [6.07, 6.45) is 0. The van der Waals surface area contributed by atoms with E-state index in [-0.39, 0.29) is 4.90 Å². The van der Waals surface area contributed by atoms with Gasteiger partial charge >= 0.3 is 0 Å². The zero-order valence-electron chi connectivity index (χ0n) is 12.0. The Hall–Kier alpha value is -0.660. The van der Waals surface area contributed by atoms with E-state index < -0.39 is 10.0 Å². The van der Waals surface area contributed by atoms with Gasteiger partial charge in [-0.2, -0.15) is 4.31 Å². The molecule has 1 N–H and O–H groups in total. The summed E-state index contributed by atoms with van der Waals surface area (Å²) in [6.45, 7) is 3.98. The van der Waals surface area contributed by atoms with E-state index in [1.165, 1.54) is 24.5 Å². The molecule has 20 heavy (non-hydrogen) atoms. The molecule has 1 rings (SSSR count). The first kappa shape index (κ1) is 17.4. The number of hydrogen-bond donors (Lipinski definition) is 1. The molecule has 0 aliphatic carbocycles. The number of likely N-dealkylation sites (N-methyl/N-ethyl adjacent to an activating group) is 1. The van der Waals surface area contributed by atoms with E-state index in [0.717, 1.165) is 12.1 Å². The third kappa shape index (κ3) is 4.43. The van der Waals surface area contributed by atoms with Crippen molar-refractivity contribution >= 4 is 21.6 Å². The zero-order valence-corrected chi connectivity index (χ0v) is 13.6. The number of ether oxygens (including phenoxy) is 1. The third-order valence-corrected chi connectivity index (χ3v) is 5.12. The van der Waals surface area contributed by atoms with Crippen LogP contribution in [0.1, 0.15) is 12.5 Å². The molecular weight excluding hydrogens is 300 g/mol. The van der Waals surface area contributed by atoms with E-state index in [0.29, 0.717) is 24.7 Å². The van der Waals surface area contributed by atoms with Gasteiger partial charge in [0, 0.05) is 32.3 Å². The molecule has 0 aliphatic heterocycles. The fraction of sp³-hybridized carbons (Fsp3) is 0.538. The second kappa shape index (κ2) is 7.95. The second-order valence-corrected chi connectivity index (χ2v) is 6.81. The Morgan fingerprint density at radius 2 is 2.10 bits per heavy atom. The molecule has 0 fully saturated rings. The summed E-state index contributed by atoms with van der Waals surface area (Å²) < 4.78 is 30.9. The summed E-state index contributed by atoms with van der Waals surface area (Å²) in [4.78, 5) is 0.244. The average molecular weight is 321 g/mol. The van der Waals surface area contributed by atoms with Crippen molar-refractivity contribution in [1.82, 2.24) is 9.62 Å². The van der Waals surface area contributed by atoms with Crippen molar-refractivity contribution in [2.45, 2.75) is 18.4 Å². The number of benzene rings is 1. The Bertz CT molecular complexity index is 534. The topological polar surface area (TPSA) is 58.6 Å². The lowest BCUT2D eigenvalue weighted by atomic mass is 10.2. The molecule has 0 aliphatic rings. The smallest absolute Gasteiger partial charge is 0.242 e. The molecule has 0 radical (unpaired) electrons. The van der Waals surface area contributed by atoms with Crippen LogP contribution >= 0.6 is 11.6 Å². The Kier molecular flexibility index (Phi) is 6.91. The Balaban J connectivity index is 3.00. The highest BCUT2D eigenvalue weighted by Crippen LogP contribution is 2.22. The molecule has 0 bridgehead atoms. The van der Waals surface area contributed by atoms with Gasteiger partial charge < -0.3 is 10.1 Å². The predicted octanol–water partition coefficient (Wildman–Crippen LogP) is 1.72. The van der Waals surface area contributed by atoms with Crippen LogP contribution in [0.15, 0.2) is 23.1 Å². The number of rotatable bonds is 8. The van der Waals surface area contributed by atoms with E-state index in [1.807, 2.05) is 6.92 Å². The molecule has 1 aromatic carbocycles. The van der Waals surface area contributed by atoms with Crippen LogP contribution in [0.5, 0.6) is 0 Å². The highest BCUT2D eigenvalue weighted by Gasteiger charge is 2.21. The largest absolute Gasteiger partial charge is 0.383 e. The molecule has 7 heteroatoms. The van der Waals surface area contributed by atoms with Crippen LogP contribution in [0.25, 0.3) is 0 Å². The molecule has 114 valence electrons. The standard InChI is InChI=1S/C13H21ClN2O3S/c1-4-15-10-11-9-12(5-6-13(11)14)20(17,18)16(2)7-8-19-3/h5-6,9,15H,4,7-8,10H2,1-3H3. The fourth-order valence-electron chi connectivity index (χ4n) is 1.63. The van der Waals surface area contributed by atoms with Gasteiger partial charge in [-0.05, 0) is 30.3 Å². The summed E-state index contributed by atoms with van der Waals surface area (Å²) in [6, 6.07) is 4.76. The van der Waals surface area contributed by atoms with Crippen LogP contribution < -0.4 is 5.32 Å². The fourth-order valence-corrected chi connectivity index (χ4v) is 3.02. The van der Waals surface area contributed by atoms with Crippen molar-refractivity contribution in [3.63, 3.8) is 0 Å². The van der Waals surface area contributed by atoms with E-state index in [1.54, 1.807) is 12.1 Å². The predicted molar refractivity (Wildman–Crippen MR) is 80.5 cm³/mol. The van der Waals surface area contributed by atoms with Gasteiger partial charge in [0.2, 0.25) is 10.0 Å². The normalized spacial score (nSPS) is 12.1. The van der Waals surface area contributed by atoms with Gasteiger partial charge in [0.1, 0.15) is 0 Å². The first-order valence-corrected chi connectivity index (χ1v) is 8.19. The molecule has 0 amide bonds. The minimum Gasteiger partial charge on any atom is -0.383 e. The van der Waals surface area contributed by atoms with Crippen molar-refractivity contribution in [1.29, 1.82) is 0 Å². The molecule has 0 heterocycles. The number of nitrogens with zero attached hydrogens (tertiary/aromatic N) is 1. The first-order valence-electron chi connectivity index (χ1n) is 6.38. The van der Waals surface area contributed by atoms with Gasteiger partial charge in [-0.25, -0.2) is 8.42 Å². The lowest BCUT2D eigenvalue weighted by Crippen LogP contribution is -2.30. The summed E-state index contributed by atoms with van der Waals surface area (Å²) in [5.41, 5.74) is 0.773. The van der Waals surface area contributed by atoms with Crippen LogP contribution in [-0.2, 0) is 21.3 Å². The molecule has 0 unspecified atom stereocenters. The van der Waals surface area contributed by atoms with Crippen molar-refractivity contribution < 1.29 is 13.2 Å². The summed E-state index contributed by atoms with van der Waals surface area (Å²) in [5.74, 6) is 0. The number of methoxy groups -OCH3 is 1. The first-order chi connectivity index (χ1) is 9.43. The van der Waals surface area contributed by atoms with Crippen LogP contribution in [-0.4, -0.2) is 46.6 Å². The third-order valence-electron chi connectivity index (χ3n) is 2.90. The molecule has 0 atom stereocenters. The number of halogens is 1. The van der Waals surface area contributed by atoms with Crippen molar-refractivity contribution in [2.75, 3.05) is 33.9 Å². The quantitative estimate of drug-likeness (QED) is 0.792. The number of sulfonamides is 1. The lowest BCUT2D eigenvalue weighted by Gasteiger charge is -2.17. The van der Waals surface area contributed by atoms with E-state index in [9.17, 15) is 8.42 Å². The van der Waals surface area contributed by atoms with Gasteiger partial charge in [0.15, 0.2) is 0 Å². The maximum Gasteiger partial charge on any atom is 0.242 e. The van der Waals surface area contributed by atoms with E-state index in [4.69, 9.17) is 16.3 Å². The number of nitrogens with one attached hydrogen (secondary N) is 1. The van der Waals surface area contributed by atoms with Crippen molar-refractivity contribution in [3.8, 4) is 0 Å². The molecule has 5 nitrogen and oxygen atoms in total. The van der Waals surface area contributed by atoms with Gasteiger partial charge in [-0.15, -0.1) is 0 Å². The van der Waals surface area contributed by atoms with Crippen LogP contribution in [0.2, 0.25) is 5.02 Å². The minimum absolute atomic E-state index is 0.244. The second-order valence-electron chi connectivity index (χ2n) is 4.35. The van der Waals surface area contributed by atoms with Gasteiger partial charge in [0.25, 0.3) is 0 Å². The zero-order chi connectivity index (χ0) is 15.2.